The number of carboxylic acids is 2. The van der Waals surface area contributed by atoms with E-state index in [1.165, 1.54) is 13.8 Å². The predicted octanol–water partition coefficient (Wildman–Crippen LogP) is 0.604. The molecule has 0 unspecified atom stereocenters. The van der Waals surface area contributed by atoms with Crippen LogP contribution in [0.3, 0.4) is 0 Å². The Balaban J connectivity index is -0.000000309. The number of carboxylic acid groups (broad SMARTS) is 2. The fourth-order valence-electron chi connectivity index (χ4n) is 1.05. The first kappa shape index (κ1) is 27.1. The molecule has 0 spiro atoms. The normalized spacial score (nSPS) is 9.25. The molecule has 24 heavy (non-hydrogen) atoms. The van der Waals surface area contributed by atoms with Crippen molar-refractivity contribution in [1.29, 1.82) is 0 Å². The van der Waals surface area contributed by atoms with Crippen LogP contribution in [-0.2, 0) is 14.3 Å². The van der Waals surface area contributed by atoms with Gasteiger partial charge in [-0.25, -0.2) is 9.59 Å². The second-order valence-corrected chi connectivity index (χ2v) is 4.81. The second kappa shape index (κ2) is 19.3. The number of methoxy groups -OCH3 is 1. The number of hydrogen-bond acceptors (Lipinski definition) is 6. The molecule has 0 amide bonds. The molecule has 0 saturated heterocycles. The number of aliphatic hydroxyl groups excluding tert-OH is 2. The summed E-state index contributed by atoms with van der Waals surface area (Å²) in [6.45, 7) is 12.4. The Morgan fingerprint density at radius 2 is 1.25 bits per heavy atom. The quantitative estimate of drug-likeness (QED) is 0.333. The molecule has 0 heterocycles. The molecule has 0 radical (unpaired) electrons. The Morgan fingerprint density at radius 3 is 1.46 bits per heavy atom. The average Bonchev–Trinajstić information content (AvgIpc) is 2.49. The third-order valence-corrected chi connectivity index (χ3v) is 2.39. The van der Waals surface area contributed by atoms with Crippen molar-refractivity contribution in [2.75, 3.05) is 46.6 Å². The first-order valence-electron chi connectivity index (χ1n) is 7.34. The van der Waals surface area contributed by atoms with Crippen molar-refractivity contribution in [3.63, 3.8) is 0 Å². The van der Waals surface area contributed by atoms with Crippen molar-refractivity contribution in [3.05, 3.63) is 24.3 Å². The number of ether oxygens (including phenoxy) is 1. The Kier molecular flexibility index (Phi) is 21.8. The third kappa shape index (κ3) is 25.2. The molecular formula is C16H31NO7. The minimum absolute atomic E-state index is 0.146. The second-order valence-electron chi connectivity index (χ2n) is 4.81. The van der Waals surface area contributed by atoms with Crippen LogP contribution in [0.2, 0.25) is 0 Å². The SMILES string of the molecule is C=C(C)C(=O)O.C=C(C)C(=O)O.COCCCN(CCO)CCO. The Hall–Kier alpha value is -1.74. The molecule has 0 aliphatic rings. The first-order chi connectivity index (χ1) is 11.1. The summed E-state index contributed by atoms with van der Waals surface area (Å²) in [5.74, 6) is -1.87. The summed E-state index contributed by atoms with van der Waals surface area (Å²) in [5.41, 5.74) is 0.352. The van der Waals surface area contributed by atoms with Gasteiger partial charge in [-0.05, 0) is 20.3 Å². The number of aliphatic hydroxyl groups is 2. The molecule has 0 aromatic carbocycles. The van der Waals surface area contributed by atoms with Crippen LogP contribution >= 0.6 is 0 Å². The van der Waals surface area contributed by atoms with E-state index in [2.05, 4.69) is 13.2 Å². The van der Waals surface area contributed by atoms with E-state index in [4.69, 9.17) is 25.2 Å². The van der Waals surface area contributed by atoms with Gasteiger partial charge < -0.3 is 25.2 Å². The first-order valence-corrected chi connectivity index (χ1v) is 7.34. The summed E-state index contributed by atoms with van der Waals surface area (Å²) in [6, 6.07) is 0. The van der Waals surface area contributed by atoms with Gasteiger partial charge in [-0.3, -0.25) is 4.90 Å². The molecule has 142 valence electrons. The minimum Gasteiger partial charge on any atom is -0.478 e. The van der Waals surface area contributed by atoms with Gasteiger partial charge in [-0.15, -0.1) is 0 Å². The van der Waals surface area contributed by atoms with E-state index in [-0.39, 0.29) is 24.4 Å². The van der Waals surface area contributed by atoms with Crippen LogP contribution in [0.25, 0.3) is 0 Å². The molecule has 8 heteroatoms. The number of aliphatic carboxylic acids is 2. The van der Waals surface area contributed by atoms with Crippen molar-refractivity contribution < 1.29 is 34.8 Å². The van der Waals surface area contributed by atoms with Gasteiger partial charge in [-0.2, -0.15) is 0 Å². The topological polar surface area (TPSA) is 128 Å². The van der Waals surface area contributed by atoms with Crippen molar-refractivity contribution >= 4 is 11.9 Å². The zero-order valence-corrected chi connectivity index (χ0v) is 14.8. The van der Waals surface area contributed by atoms with Crippen LogP contribution < -0.4 is 0 Å². The van der Waals surface area contributed by atoms with Crippen molar-refractivity contribution in [2.24, 2.45) is 0 Å². The summed E-state index contributed by atoms with van der Waals surface area (Å²) in [6.07, 6.45) is 0.941. The highest BCUT2D eigenvalue weighted by Gasteiger charge is 2.01. The summed E-state index contributed by atoms with van der Waals surface area (Å²) in [4.78, 5) is 21.2. The standard InChI is InChI=1S/C8H19NO3.2C4H6O2/c1-12-8-2-3-9(4-6-10)5-7-11;2*1-3(2)4(5)6/h10-11H,2-8H2,1H3;2*1H2,2H3,(H,5,6). The van der Waals surface area contributed by atoms with Crippen LogP contribution in [0.5, 0.6) is 0 Å². The molecule has 4 N–H and O–H groups in total. The van der Waals surface area contributed by atoms with E-state index in [1.54, 1.807) is 7.11 Å². The van der Waals surface area contributed by atoms with Gasteiger partial charge in [0.05, 0.1) is 13.2 Å². The Bertz CT molecular complexity index is 315. The van der Waals surface area contributed by atoms with Crippen LogP contribution in [-0.4, -0.2) is 83.8 Å². The van der Waals surface area contributed by atoms with Gasteiger partial charge in [0.25, 0.3) is 0 Å². The summed E-state index contributed by atoms with van der Waals surface area (Å²) in [5, 5.41) is 33.1. The molecule has 0 saturated carbocycles. The van der Waals surface area contributed by atoms with Crippen LogP contribution in [0.4, 0.5) is 0 Å². The lowest BCUT2D eigenvalue weighted by Gasteiger charge is -2.19. The van der Waals surface area contributed by atoms with Crippen molar-refractivity contribution in [1.82, 2.24) is 4.90 Å². The zero-order valence-electron chi connectivity index (χ0n) is 14.8. The molecule has 0 bridgehead atoms. The number of hydrogen-bond donors (Lipinski definition) is 4. The molecule has 0 aliphatic heterocycles. The van der Waals surface area contributed by atoms with E-state index >= 15 is 0 Å². The Morgan fingerprint density at radius 1 is 0.917 bits per heavy atom. The van der Waals surface area contributed by atoms with E-state index in [9.17, 15) is 9.59 Å². The maximum Gasteiger partial charge on any atom is 0.330 e. The monoisotopic (exact) mass is 349 g/mol. The third-order valence-electron chi connectivity index (χ3n) is 2.39. The molecule has 0 fully saturated rings. The molecule has 0 aromatic rings. The smallest absolute Gasteiger partial charge is 0.330 e. The van der Waals surface area contributed by atoms with Gasteiger partial charge in [0.1, 0.15) is 0 Å². The van der Waals surface area contributed by atoms with Gasteiger partial charge in [0.15, 0.2) is 0 Å². The van der Waals surface area contributed by atoms with E-state index in [1.807, 2.05) is 4.90 Å². The van der Waals surface area contributed by atoms with Crippen LogP contribution in [0.15, 0.2) is 24.3 Å². The molecule has 0 rings (SSSR count). The minimum atomic E-state index is -0.935. The molecule has 0 aliphatic carbocycles. The number of nitrogens with zero attached hydrogens (tertiary/aromatic N) is 1. The van der Waals surface area contributed by atoms with Gasteiger partial charge >= 0.3 is 11.9 Å². The van der Waals surface area contributed by atoms with Crippen molar-refractivity contribution in [2.45, 2.75) is 20.3 Å². The zero-order chi connectivity index (χ0) is 19.5. The highest BCUT2D eigenvalue weighted by atomic mass is 16.5. The molecule has 0 aromatic heterocycles. The van der Waals surface area contributed by atoms with E-state index < -0.39 is 11.9 Å². The lowest BCUT2D eigenvalue weighted by molar-refractivity contribution is -0.133. The predicted molar refractivity (Wildman–Crippen MR) is 92.0 cm³/mol. The van der Waals surface area contributed by atoms with Crippen LogP contribution in [0.1, 0.15) is 20.3 Å². The van der Waals surface area contributed by atoms with Gasteiger partial charge in [-0.1, -0.05) is 13.2 Å². The average molecular weight is 349 g/mol. The maximum absolute atomic E-state index is 9.60. The summed E-state index contributed by atoms with van der Waals surface area (Å²) < 4.78 is 4.90. The molecular weight excluding hydrogens is 318 g/mol. The molecule has 0 atom stereocenters. The lowest BCUT2D eigenvalue weighted by Crippen LogP contribution is -2.31. The summed E-state index contributed by atoms with van der Waals surface area (Å²) >= 11 is 0. The van der Waals surface area contributed by atoms with E-state index in [0.717, 1.165) is 19.6 Å². The number of rotatable bonds is 10. The van der Waals surface area contributed by atoms with Gasteiger partial charge in [0, 0.05) is 44.5 Å². The van der Waals surface area contributed by atoms with E-state index in [0.29, 0.717) is 13.1 Å². The number of carbonyl (C=O) groups is 2. The highest BCUT2D eigenvalue weighted by molar-refractivity contribution is 5.85. The highest BCUT2D eigenvalue weighted by Crippen LogP contribution is 1.90. The lowest BCUT2D eigenvalue weighted by atomic mass is 10.4. The van der Waals surface area contributed by atoms with Crippen LogP contribution in [0, 0.1) is 0 Å². The molecule has 8 nitrogen and oxygen atoms in total. The van der Waals surface area contributed by atoms with Gasteiger partial charge in [0.2, 0.25) is 0 Å². The Labute approximate surface area is 143 Å². The maximum atomic E-state index is 9.60. The van der Waals surface area contributed by atoms with Crippen molar-refractivity contribution in [3.8, 4) is 0 Å². The largest absolute Gasteiger partial charge is 0.478 e. The fraction of sp³-hybridized carbons (Fsp3) is 0.625. The fourth-order valence-corrected chi connectivity index (χ4v) is 1.05. The summed E-state index contributed by atoms with van der Waals surface area (Å²) in [7, 11) is 1.67.